The van der Waals surface area contributed by atoms with E-state index in [9.17, 15) is 24.3 Å². The van der Waals surface area contributed by atoms with Gasteiger partial charge in [0, 0.05) is 47.6 Å². The second-order valence-corrected chi connectivity index (χ2v) is 9.68. The van der Waals surface area contributed by atoms with Crippen molar-refractivity contribution in [2.75, 3.05) is 5.75 Å². The van der Waals surface area contributed by atoms with Crippen molar-refractivity contribution in [3.63, 3.8) is 0 Å². The molecule has 204 valence electrons. The summed E-state index contributed by atoms with van der Waals surface area (Å²) in [6.07, 6.45) is 4.76. The number of para-hydroxylation sites is 1. The average molecular weight is 544 g/mol. The van der Waals surface area contributed by atoms with Crippen LogP contribution in [0.4, 0.5) is 0 Å². The van der Waals surface area contributed by atoms with Gasteiger partial charge in [-0.05, 0) is 17.5 Å². The molecule has 0 aliphatic heterocycles. The average Bonchev–Trinajstić information content (AvgIpc) is 3.55. The number of hydrogen-bond donors (Lipinski definition) is 8. The fraction of sp³-hybridized carbons (Fsp3) is 0.400. The van der Waals surface area contributed by atoms with Crippen LogP contribution in [-0.4, -0.2) is 73.7 Å². The Labute approximate surface area is 225 Å². The number of thiol groups is 1. The van der Waals surface area contributed by atoms with Gasteiger partial charge < -0.3 is 36.8 Å². The number of hydrogen-bond acceptors (Lipinski definition) is 7. The first-order valence-corrected chi connectivity index (χ1v) is 12.8. The Balaban J connectivity index is 1.70. The van der Waals surface area contributed by atoms with Crippen LogP contribution in [0.15, 0.2) is 43.0 Å². The Morgan fingerprint density at radius 1 is 0.974 bits per heavy atom. The lowest BCUT2D eigenvalue weighted by Gasteiger charge is -2.25. The minimum atomic E-state index is -1.24. The van der Waals surface area contributed by atoms with Gasteiger partial charge in [0.05, 0.1) is 12.4 Å². The van der Waals surface area contributed by atoms with E-state index in [1.54, 1.807) is 20.0 Å². The first-order chi connectivity index (χ1) is 18.1. The number of H-pyrrole nitrogens is 2. The van der Waals surface area contributed by atoms with Crippen LogP contribution in [0.25, 0.3) is 10.9 Å². The van der Waals surface area contributed by atoms with Crippen LogP contribution < -0.4 is 21.7 Å². The van der Waals surface area contributed by atoms with Gasteiger partial charge in [0.2, 0.25) is 17.7 Å². The van der Waals surface area contributed by atoms with Gasteiger partial charge in [-0.25, -0.2) is 9.78 Å². The SMILES string of the molecule is CC(C)C(N)C(=O)NC(Cc1cnc[nH]1)C(=O)NC(CS)C(=O)NC(Cc1c[nH]c2ccccc12)C(=O)O. The number of aliphatic carboxylic acids is 1. The predicted octanol–water partition coefficient (Wildman–Crippen LogP) is 0.128. The molecule has 4 atom stereocenters. The number of carbonyl (C=O) groups excluding carboxylic acids is 3. The molecular formula is C25H33N7O5S. The van der Waals surface area contributed by atoms with Gasteiger partial charge in [-0.3, -0.25) is 14.4 Å². The Kier molecular flexibility index (Phi) is 9.91. The summed E-state index contributed by atoms with van der Waals surface area (Å²) in [5.41, 5.74) is 8.09. The van der Waals surface area contributed by atoms with Gasteiger partial charge in [0.1, 0.15) is 18.1 Å². The molecule has 38 heavy (non-hydrogen) atoms. The molecule has 0 spiro atoms. The largest absolute Gasteiger partial charge is 0.480 e. The Hall–Kier alpha value is -3.84. The summed E-state index contributed by atoms with van der Waals surface area (Å²) < 4.78 is 0. The molecule has 0 bridgehead atoms. The highest BCUT2D eigenvalue weighted by molar-refractivity contribution is 7.80. The maximum Gasteiger partial charge on any atom is 0.326 e. The van der Waals surface area contributed by atoms with Crippen LogP contribution in [0.3, 0.4) is 0 Å². The molecular weight excluding hydrogens is 510 g/mol. The van der Waals surface area contributed by atoms with E-state index in [2.05, 4.69) is 43.5 Å². The van der Waals surface area contributed by atoms with E-state index >= 15 is 0 Å². The Bertz CT molecular complexity index is 1260. The number of nitrogens with two attached hydrogens (primary N) is 1. The molecule has 0 radical (unpaired) electrons. The normalized spacial score (nSPS) is 14.4. The number of rotatable bonds is 13. The fourth-order valence-electron chi connectivity index (χ4n) is 3.86. The number of aromatic amines is 2. The summed E-state index contributed by atoms with van der Waals surface area (Å²) in [4.78, 5) is 60.6. The monoisotopic (exact) mass is 543 g/mol. The van der Waals surface area contributed by atoms with Crippen molar-refractivity contribution < 1.29 is 24.3 Å². The summed E-state index contributed by atoms with van der Waals surface area (Å²) in [7, 11) is 0. The zero-order valence-corrected chi connectivity index (χ0v) is 22.0. The van der Waals surface area contributed by atoms with E-state index in [-0.39, 0.29) is 24.5 Å². The smallest absolute Gasteiger partial charge is 0.326 e. The number of aromatic nitrogens is 3. The second kappa shape index (κ2) is 13.1. The number of carboxylic acid groups (broad SMARTS) is 1. The van der Waals surface area contributed by atoms with Crippen molar-refractivity contribution in [2.45, 2.75) is 50.9 Å². The summed E-state index contributed by atoms with van der Waals surface area (Å²) in [5, 5.41) is 18.3. The number of imidazole rings is 1. The molecule has 0 aliphatic carbocycles. The Morgan fingerprint density at radius 2 is 1.63 bits per heavy atom. The van der Waals surface area contributed by atoms with Gasteiger partial charge in [-0.1, -0.05) is 32.0 Å². The van der Waals surface area contributed by atoms with E-state index in [0.29, 0.717) is 5.69 Å². The fourth-order valence-corrected chi connectivity index (χ4v) is 4.11. The van der Waals surface area contributed by atoms with E-state index in [0.717, 1.165) is 16.5 Å². The number of benzene rings is 1. The maximum absolute atomic E-state index is 13.2. The molecule has 2 heterocycles. The molecule has 0 saturated heterocycles. The molecule has 0 aliphatic rings. The molecule has 13 heteroatoms. The summed E-state index contributed by atoms with van der Waals surface area (Å²) in [5.74, 6) is -3.37. The van der Waals surface area contributed by atoms with E-state index in [4.69, 9.17) is 5.73 Å². The molecule has 4 unspecified atom stereocenters. The number of nitrogens with one attached hydrogen (secondary N) is 5. The lowest BCUT2D eigenvalue weighted by molar-refractivity contribution is -0.142. The van der Waals surface area contributed by atoms with Crippen LogP contribution >= 0.6 is 12.6 Å². The number of fused-ring (bicyclic) bond motifs is 1. The highest BCUT2D eigenvalue weighted by Gasteiger charge is 2.31. The van der Waals surface area contributed by atoms with E-state index < -0.39 is 47.9 Å². The molecule has 3 rings (SSSR count). The van der Waals surface area contributed by atoms with Crippen molar-refractivity contribution in [3.8, 4) is 0 Å². The maximum atomic E-state index is 13.2. The molecule has 3 aromatic rings. The number of carboxylic acids is 1. The van der Waals surface area contributed by atoms with Crippen LogP contribution in [-0.2, 0) is 32.0 Å². The van der Waals surface area contributed by atoms with Crippen LogP contribution in [0.5, 0.6) is 0 Å². The third kappa shape index (κ3) is 7.35. The van der Waals surface area contributed by atoms with Crippen molar-refractivity contribution in [3.05, 3.63) is 54.2 Å². The van der Waals surface area contributed by atoms with Crippen molar-refractivity contribution in [1.82, 2.24) is 30.9 Å². The Morgan fingerprint density at radius 3 is 2.26 bits per heavy atom. The highest BCUT2D eigenvalue weighted by atomic mass is 32.1. The first kappa shape index (κ1) is 28.7. The molecule has 12 nitrogen and oxygen atoms in total. The van der Waals surface area contributed by atoms with Crippen LogP contribution in [0.1, 0.15) is 25.1 Å². The molecule has 1 aromatic carbocycles. The molecule has 3 amide bonds. The first-order valence-electron chi connectivity index (χ1n) is 12.1. The third-order valence-corrected chi connectivity index (χ3v) is 6.53. The minimum absolute atomic E-state index is 0.0317. The number of carbonyl (C=O) groups is 4. The van der Waals surface area contributed by atoms with Crippen LogP contribution in [0, 0.1) is 5.92 Å². The molecule has 0 fully saturated rings. The highest BCUT2D eigenvalue weighted by Crippen LogP contribution is 2.19. The zero-order valence-electron chi connectivity index (χ0n) is 21.1. The van der Waals surface area contributed by atoms with Gasteiger partial charge >= 0.3 is 5.97 Å². The van der Waals surface area contributed by atoms with Crippen molar-refractivity contribution in [2.24, 2.45) is 11.7 Å². The molecule has 0 saturated carbocycles. The third-order valence-electron chi connectivity index (χ3n) is 6.16. The van der Waals surface area contributed by atoms with Crippen molar-refractivity contribution >= 4 is 47.2 Å². The van der Waals surface area contributed by atoms with E-state index in [1.807, 2.05) is 24.3 Å². The quantitative estimate of drug-likeness (QED) is 0.140. The van der Waals surface area contributed by atoms with Gasteiger partial charge in [0.25, 0.3) is 0 Å². The lowest BCUT2D eigenvalue weighted by Crippen LogP contribution is -2.58. The van der Waals surface area contributed by atoms with E-state index in [1.165, 1.54) is 12.5 Å². The lowest BCUT2D eigenvalue weighted by atomic mass is 10.0. The minimum Gasteiger partial charge on any atom is -0.480 e. The van der Waals surface area contributed by atoms with Crippen LogP contribution in [0.2, 0.25) is 0 Å². The molecule has 2 aromatic heterocycles. The standard InChI is InChI=1S/C25H33N7O5S/c1-13(2)21(26)24(35)30-18(8-15-10-27-12-29-15)22(33)32-20(11-38)23(34)31-19(25(36)37)7-14-9-28-17-6-4-3-5-16(14)17/h3-6,9-10,12-13,18-21,28,38H,7-8,11,26H2,1-2H3,(H,27,29)(H,30,35)(H,31,34)(H,32,33)(H,36,37). The van der Waals surface area contributed by atoms with Crippen molar-refractivity contribution in [1.29, 1.82) is 0 Å². The predicted molar refractivity (Wildman–Crippen MR) is 144 cm³/mol. The number of nitrogens with zero attached hydrogens (tertiary/aromatic N) is 1. The topological polar surface area (TPSA) is 195 Å². The summed E-state index contributed by atoms with van der Waals surface area (Å²) in [6.45, 7) is 3.56. The second-order valence-electron chi connectivity index (χ2n) is 9.32. The number of amides is 3. The zero-order chi connectivity index (χ0) is 27.8. The summed E-state index contributed by atoms with van der Waals surface area (Å²) >= 11 is 4.18. The summed E-state index contributed by atoms with van der Waals surface area (Å²) in [6, 6.07) is 3.12. The van der Waals surface area contributed by atoms with Gasteiger partial charge in [-0.15, -0.1) is 0 Å². The molecule has 8 N–H and O–H groups in total. The van der Waals surface area contributed by atoms with Gasteiger partial charge in [-0.2, -0.15) is 12.6 Å². The van der Waals surface area contributed by atoms with Gasteiger partial charge in [0.15, 0.2) is 0 Å².